The van der Waals surface area contributed by atoms with Crippen LogP contribution in [0.3, 0.4) is 0 Å². The van der Waals surface area contributed by atoms with Gasteiger partial charge in [0, 0.05) is 18.8 Å². The lowest BCUT2D eigenvalue weighted by Crippen LogP contribution is -2.29. The molecule has 0 aliphatic heterocycles. The van der Waals surface area contributed by atoms with Crippen LogP contribution in [0, 0.1) is 0 Å². The molecule has 0 aliphatic carbocycles. The molecular formula is C18H22N4S. The highest BCUT2D eigenvalue weighted by Crippen LogP contribution is 2.22. The Balaban J connectivity index is 2.40. The second-order valence-electron chi connectivity index (χ2n) is 6.19. The van der Waals surface area contributed by atoms with Crippen molar-refractivity contribution in [3.8, 4) is 0 Å². The molecule has 23 heavy (non-hydrogen) atoms. The molecule has 2 rings (SSSR count). The number of aromatic nitrogens is 1. The normalized spacial score (nSPS) is 11.9. The van der Waals surface area contributed by atoms with E-state index in [-0.39, 0.29) is 5.41 Å². The maximum Gasteiger partial charge on any atom is 0.186 e. The Labute approximate surface area is 143 Å². The first-order valence-electron chi connectivity index (χ1n) is 7.49. The van der Waals surface area contributed by atoms with Crippen molar-refractivity contribution in [2.24, 2.45) is 5.10 Å². The maximum absolute atomic E-state index is 5.09. The van der Waals surface area contributed by atoms with Gasteiger partial charge in [-0.3, -0.25) is 10.4 Å². The molecule has 0 saturated heterocycles. The Kier molecular flexibility index (Phi) is 5.45. The fraction of sp³-hybridized carbons (Fsp3) is 0.278. The minimum Gasteiger partial charge on any atom is -0.364 e. The Bertz CT molecular complexity index is 685. The number of rotatable bonds is 3. The van der Waals surface area contributed by atoms with Crippen molar-refractivity contribution >= 4 is 23.0 Å². The van der Waals surface area contributed by atoms with Crippen molar-refractivity contribution in [2.75, 3.05) is 7.05 Å². The molecule has 4 nitrogen and oxygen atoms in total. The average molecular weight is 326 g/mol. The number of hydrogen-bond donors (Lipinski definition) is 2. The van der Waals surface area contributed by atoms with Crippen LogP contribution in [0.5, 0.6) is 0 Å². The number of thiocarbonyl (C=S) groups is 1. The van der Waals surface area contributed by atoms with Crippen molar-refractivity contribution in [1.82, 2.24) is 15.7 Å². The van der Waals surface area contributed by atoms with E-state index >= 15 is 0 Å². The predicted molar refractivity (Wildman–Crippen MR) is 99.8 cm³/mol. The average Bonchev–Trinajstić information content (AvgIpc) is 2.55. The standard InChI is InChI=1S/C18H22N4S/c1-18(2,3)14-10-8-13(9-11-14)16(21-22-17(23)19-4)15-7-5-6-12-20-15/h5-12H,1-4H3,(H2,19,22,23)/b21-16+. The molecule has 0 unspecified atom stereocenters. The van der Waals surface area contributed by atoms with Gasteiger partial charge in [-0.05, 0) is 35.3 Å². The van der Waals surface area contributed by atoms with Crippen LogP contribution in [-0.4, -0.2) is 22.9 Å². The predicted octanol–water partition coefficient (Wildman–Crippen LogP) is 3.23. The highest BCUT2D eigenvalue weighted by molar-refractivity contribution is 7.80. The molecular weight excluding hydrogens is 304 g/mol. The largest absolute Gasteiger partial charge is 0.364 e. The number of hydrogen-bond acceptors (Lipinski definition) is 3. The van der Waals surface area contributed by atoms with Crippen LogP contribution in [0.4, 0.5) is 0 Å². The van der Waals surface area contributed by atoms with Crippen molar-refractivity contribution in [3.05, 3.63) is 65.5 Å². The van der Waals surface area contributed by atoms with Crippen LogP contribution in [0.2, 0.25) is 0 Å². The lowest BCUT2D eigenvalue weighted by atomic mass is 9.86. The van der Waals surface area contributed by atoms with Crippen LogP contribution in [0.1, 0.15) is 37.6 Å². The van der Waals surface area contributed by atoms with Crippen molar-refractivity contribution < 1.29 is 0 Å². The molecule has 0 radical (unpaired) electrons. The van der Waals surface area contributed by atoms with E-state index < -0.39 is 0 Å². The summed E-state index contributed by atoms with van der Waals surface area (Å²) in [6, 6.07) is 14.2. The van der Waals surface area contributed by atoms with Crippen LogP contribution in [0.25, 0.3) is 0 Å². The number of nitrogens with zero attached hydrogens (tertiary/aromatic N) is 2. The lowest BCUT2D eigenvalue weighted by molar-refractivity contribution is 0.590. The van der Waals surface area contributed by atoms with Gasteiger partial charge in [0.1, 0.15) is 5.71 Å². The van der Waals surface area contributed by atoms with Gasteiger partial charge in [0.25, 0.3) is 0 Å². The summed E-state index contributed by atoms with van der Waals surface area (Å²) in [7, 11) is 1.75. The van der Waals surface area contributed by atoms with Crippen molar-refractivity contribution in [3.63, 3.8) is 0 Å². The van der Waals surface area contributed by atoms with E-state index in [9.17, 15) is 0 Å². The van der Waals surface area contributed by atoms with E-state index in [1.165, 1.54) is 5.56 Å². The number of benzene rings is 1. The summed E-state index contributed by atoms with van der Waals surface area (Å²) in [4.78, 5) is 4.40. The van der Waals surface area contributed by atoms with Gasteiger partial charge in [-0.2, -0.15) is 5.10 Å². The lowest BCUT2D eigenvalue weighted by Gasteiger charge is -2.19. The summed E-state index contributed by atoms with van der Waals surface area (Å²) in [5.74, 6) is 0. The Morgan fingerprint density at radius 1 is 1.09 bits per heavy atom. The van der Waals surface area contributed by atoms with Crippen molar-refractivity contribution in [2.45, 2.75) is 26.2 Å². The zero-order valence-electron chi connectivity index (χ0n) is 13.9. The first-order chi connectivity index (χ1) is 10.9. The maximum atomic E-state index is 5.09. The van der Waals surface area contributed by atoms with Gasteiger partial charge in [0.05, 0.1) is 5.69 Å². The highest BCUT2D eigenvalue weighted by Gasteiger charge is 2.15. The second-order valence-corrected chi connectivity index (χ2v) is 6.60. The Morgan fingerprint density at radius 2 is 1.78 bits per heavy atom. The molecule has 0 bridgehead atoms. The van der Waals surface area contributed by atoms with Gasteiger partial charge in [-0.15, -0.1) is 0 Å². The fourth-order valence-electron chi connectivity index (χ4n) is 2.06. The Hall–Kier alpha value is -2.27. The topological polar surface area (TPSA) is 49.3 Å². The third-order valence-electron chi connectivity index (χ3n) is 3.43. The van der Waals surface area contributed by atoms with Gasteiger partial charge >= 0.3 is 0 Å². The van der Waals surface area contributed by atoms with Crippen molar-refractivity contribution in [1.29, 1.82) is 0 Å². The molecule has 1 aromatic carbocycles. The minimum absolute atomic E-state index is 0.118. The molecule has 0 spiro atoms. The monoisotopic (exact) mass is 326 g/mol. The van der Waals surface area contributed by atoms with E-state index in [4.69, 9.17) is 12.2 Å². The van der Waals surface area contributed by atoms with Gasteiger partial charge in [-0.1, -0.05) is 51.1 Å². The van der Waals surface area contributed by atoms with E-state index in [0.29, 0.717) is 5.11 Å². The first kappa shape index (κ1) is 17.1. The van der Waals surface area contributed by atoms with Gasteiger partial charge in [0.15, 0.2) is 5.11 Å². The molecule has 2 aromatic rings. The third-order valence-corrected chi connectivity index (χ3v) is 3.72. The smallest absolute Gasteiger partial charge is 0.186 e. The van der Waals surface area contributed by atoms with Gasteiger partial charge in [-0.25, -0.2) is 0 Å². The molecule has 120 valence electrons. The fourth-order valence-corrected chi connectivity index (χ4v) is 2.11. The molecule has 0 fully saturated rings. The Morgan fingerprint density at radius 3 is 2.30 bits per heavy atom. The van der Waals surface area contributed by atoms with Gasteiger partial charge < -0.3 is 5.32 Å². The van der Waals surface area contributed by atoms with Crippen LogP contribution < -0.4 is 10.7 Å². The minimum atomic E-state index is 0.118. The molecule has 0 saturated carbocycles. The SMILES string of the molecule is CNC(=S)N/N=C(\c1ccc(C(C)(C)C)cc1)c1ccccn1. The number of hydrazone groups is 1. The summed E-state index contributed by atoms with van der Waals surface area (Å²) in [5.41, 5.74) is 6.77. The summed E-state index contributed by atoms with van der Waals surface area (Å²) in [6.45, 7) is 6.59. The zero-order chi connectivity index (χ0) is 16.9. The number of nitrogens with one attached hydrogen (secondary N) is 2. The quantitative estimate of drug-likeness (QED) is 0.516. The molecule has 1 aromatic heterocycles. The molecule has 0 atom stereocenters. The summed E-state index contributed by atoms with van der Waals surface area (Å²) in [5, 5.41) is 7.74. The molecule has 0 aliphatic rings. The van der Waals surface area contributed by atoms with Crippen LogP contribution in [-0.2, 0) is 5.41 Å². The van der Waals surface area contributed by atoms with E-state index in [1.807, 2.05) is 18.2 Å². The second kappa shape index (κ2) is 7.33. The molecule has 0 amide bonds. The highest BCUT2D eigenvalue weighted by atomic mass is 32.1. The van der Waals surface area contributed by atoms with E-state index in [1.54, 1.807) is 13.2 Å². The summed E-state index contributed by atoms with van der Waals surface area (Å²) >= 11 is 5.09. The molecule has 2 N–H and O–H groups in total. The summed E-state index contributed by atoms with van der Waals surface area (Å²) < 4.78 is 0. The van der Waals surface area contributed by atoms with Crippen LogP contribution in [0.15, 0.2) is 53.8 Å². The van der Waals surface area contributed by atoms with Crippen LogP contribution >= 0.6 is 12.2 Å². The van der Waals surface area contributed by atoms with Gasteiger partial charge in [0.2, 0.25) is 0 Å². The van der Waals surface area contributed by atoms with E-state index in [0.717, 1.165) is 17.0 Å². The molecule has 5 heteroatoms. The molecule has 1 heterocycles. The van der Waals surface area contributed by atoms with E-state index in [2.05, 4.69) is 65.9 Å². The third kappa shape index (κ3) is 4.60. The number of pyridine rings is 1. The first-order valence-corrected chi connectivity index (χ1v) is 7.90. The zero-order valence-corrected chi connectivity index (χ0v) is 14.7. The summed E-state index contributed by atoms with van der Waals surface area (Å²) in [6.07, 6.45) is 1.75.